The van der Waals surface area contributed by atoms with Gasteiger partial charge in [0.25, 0.3) is 5.91 Å². The van der Waals surface area contributed by atoms with Crippen molar-refractivity contribution in [2.24, 2.45) is 0 Å². The lowest BCUT2D eigenvalue weighted by molar-refractivity contribution is -0.119. The Hall–Kier alpha value is -3.64. The minimum Gasteiger partial charge on any atom is -0.452 e. The minimum absolute atomic E-state index is 0.324. The van der Waals surface area contributed by atoms with Gasteiger partial charge in [-0.1, -0.05) is 56.3 Å². The third kappa shape index (κ3) is 6.93. The number of benzene rings is 3. The maximum Gasteiger partial charge on any atom is 0.338 e. The first-order valence-corrected chi connectivity index (χ1v) is 12.2. The van der Waals surface area contributed by atoms with E-state index in [0.29, 0.717) is 17.2 Å². The smallest absolute Gasteiger partial charge is 0.338 e. The number of nitrogens with zero attached hydrogens (tertiary/aromatic N) is 2. The van der Waals surface area contributed by atoms with Crippen LogP contribution in [-0.2, 0) is 16.1 Å². The molecule has 0 unspecified atom stereocenters. The van der Waals surface area contributed by atoms with E-state index in [1.54, 1.807) is 12.1 Å². The molecule has 1 fully saturated rings. The standard InChI is InChI=1S/C29H33N3O3/c1-22(2)24-8-10-25(11-9-24)29(34)35-21-28(33)30-26-12-14-27(15-13-26)32-18-16-31(17-19-32)20-23-6-4-3-5-7-23/h3-15,22H,16-21H2,1-2H3,(H,30,33). The van der Waals surface area contributed by atoms with Crippen molar-refractivity contribution < 1.29 is 14.3 Å². The lowest BCUT2D eigenvalue weighted by Crippen LogP contribution is -2.45. The van der Waals surface area contributed by atoms with E-state index in [9.17, 15) is 9.59 Å². The van der Waals surface area contributed by atoms with Crippen molar-refractivity contribution >= 4 is 23.3 Å². The van der Waals surface area contributed by atoms with Crippen molar-refractivity contribution in [1.29, 1.82) is 0 Å². The van der Waals surface area contributed by atoms with Crippen LogP contribution in [0.2, 0.25) is 0 Å². The highest BCUT2D eigenvalue weighted by molar-refractivity contribution is 5.95. The van der Waals surface area contributed by atoms with Crippen molar-refractivity contribution in [1.82, 2.24) is 4.90 Å². The Balaban J connectivity index is 1.21. The van der Waals surface area contributed by atoms with E-state index in [2.05, 4.69) is 53.2 Å². The van der Waals surface area contributed by atoms with E-state index in [4.69, 9.17) is 4.74 Å². The van der Waals surface area contributed by atoms with Crippen LogP contribution in [0.1, 0.15) is 41.3 Å². The fraction of sp³-hybridized carbons (Fsp3) is 0.310. The number of piperazine rings is 1. The molecule has 1 N–H and O–H groups in total. The van der Waals surface area contributed by atoms with E-state index < -0.39 is 5.97 Å². The summed E-state index contributed by atoms with van der Waals surface area (Å²) in [6.45, 7) is 8.80. The first kappa shape index (κ1) is 24.5. The van der Waals surface area contributed by atoms with Gasteiger partial charge in [-0.15, -0.1) is 0 Å². The maximum atomic E-state index is 12.3. The van der Waals surface area contributed by atoms with Gasteiger partial charge in [0.2, 0.25) is 0 Å². The van der Waals surface area contributed by atoms with E-state index in [-0.39, 0.29) is 12.5 Å². The van der Waals surface area contributed by atoms with Crippen LogP contribution in [-0.4, -0.2) is 49.6 Å². The zero-order valence-electron chi connectivity index (χ0n) is 20.4. The fourth-order valence-electron chi connectivity index (χ4n) is 4.18. The summed E-state index contributed by atoms with van der Waals surface area (Å²) in [4.78, 5) is 29.3. The number of rotatable bonds is 8. The molecule has 3 aromatic carbocycles. The number of nitrogens with one attached hydrogen (secondary N) is 1. The molecule has 0 radical (unpaired) electrons. The molecular weight excluding hydrogens is 438 g/mol. The van der Waals surface area contributed by atoms with E-state index in [0.717, 1.165) is 44.0 Å². The van der Waals surface area contributed by atoms with Crippen molar-refractivity contribution in [2.45, 2.75) is 26.3 Å². The molecule has 0 aromatic heterocycles. The second-order valence-electron chi connectivity index (χ2n) is 9.20. The minimum atomic E-state index is -0.503. The number of hydrogen-bond acceptors (Lipinski definition) is 5. The van der Waals surface area contributed by atoms with Crippen LogP contribution in [0.25, 0.3) is 0 Å². The van der Waals surface area contributed by atoms with E-state index in [1.165, 1.54) is 5.56 Å². The zero-order chi connectivity index (χ0) is 24.6. The number of amides is 1. The SMILES string of the molecule is CC(C)c1ccc(C(=O)OCC(=O)Nc2ccc(N3CCN(Cc4ccccc4)CC3)cc2)cc1. The Morgan fingerprint density at radius 3 is 2.14 bits per heavy atom. The first-order valence-electron chi connectivity index (χ1n) is 12.2. The molecule has 1 heterocycles. The maximum absolute atomic E-state index is 12.3. The largest absolute Gasteiger partial charge is 0.452 e. The molecule has 1 amide bonds. The molecule has 6 nitrogen and oxygen atoms in total. The number of hydrogen-bond donors (Lipinski definition) is 1. The average molecular weight is 472 g/mol. The Morgan fingerprint density at radius 1 is 0.857 bits per heavy atom. The normalized spacial score (nSPS) is 14.1. The third-order valence-corrected chi connectivity index (χ3v) is 6.28. The molecule has 0 spiro atoms. The molecule has 0 saturated carbocycles. The van der Waals surface area contributed by atoms with Gasteiger partial charge in [-0.05, 0) is 53.4 Å². The number of carbonyl (C=O) groups is 2. The first-order chi connectivity index (χ1) is 17.0. The summed E-state index contributed by atoms with van der Waals surface area (Å²) in [5.41, 5.74) is 4.75. The van der Waals surface area contributed by atoms with Gasteiger partial charge < -0.3 is 15.0 Å². The van der Waals surface area contributed by atoms with Crippen LogP contribution in [0.3, 0.4) is 0 Å². The fourth-order valence-corrected chi connectivity index (χ4v) is 4.18. The highest BCUT2D eigenvalue weighted by Gasteiger charge is 2.17. The molecule has 35 heavy (non-hydrogen) atoms. The van der Waals surface area contributed by atoms with Gasteiger partial charge in [-0.25, -0.2) is 4.79 Å². The Labute approximate surface area is 207 Å². The van der Waals surface area contributed by atoms with Crippen molar-refractivity contribution in [3.8, 4) is 0 Å². The van der Waals surface area contributed by atoms with Crippen LogP contribution in [0, 0.1) is 0 Å². The van der Waals surface area contributed by atoms with Crippen LogP contribution in [0.15, 0.2) is 78.9 Å². The number of ether oxygens (including phenoxy) is 1. The van der Waals surface area contributed by atoms with Gasteiger partial charge in [0.1, 0.15) is 0 Å². The van der Waals surface area contributed by atoms with Gasteiger partial charge >= 0.3 is 5.97 Å². The van der Waals surface area contributed by atoms with Crippen LogP contribution in [0.4, 0.5) is 11.4 Å². The molecule has 6 heteroatoms. The summed E-state index contributed by atoms with van der Waals surface area (Å²) >= 11 is 0. The summed E-state index contributed by atoms with van der Waals surface area (Å²) in [6.07, 6.45) is 0. The molecule has 1 aliphatic rings. The van der Waals surface area contributed by atoms with Gasteiger partial charge in [0.05, 0.1) is 5.56 Å². The van der Waals surface area contributed by atoms with Gasteiger partial charge in [0, 0.05) is 44.1 Å². The zero-order valence-corrected chi connectivity index (χ0v) is 20.4. The Kier molecular flexibility index (Phi) is 8.16. The van der Waals surface area contributed by atoms with E-state index >= 15 is 0 Å². The lowest BCUT2D eigenvalue weighted by Gasteiger charge is -2.36. The predicted molar refractivity (Wildman–Crippen MR) is 140 cm³/mol. The summed E-state index contributed by atoms with van der Waals surface area (Å²) in [5, 5.41) is 2.79. The molecule has 1 aliphatic heterocycles. The summed E-state index contributed by atoms with van der Waals surface area (Å²) < 4.78 is 5.17. The lowest BCUT2D eigenvalue weighted by atomic mass is 10.0. The topological polar surface area (TPSA) is 61.9 Å². The molecule has 0 aliphatic carbocycles. The molecule has 182 valence electrons. The highest BCUT2D eigenvalue weighted by atomic mass is 16.5. The summed E-state index contributed by atoms with van der Waals surface area (Å²) in [7, 11) is 0. The molecule has 3 aromatic rings. The van der Waals surface area contributed by atoms with Crippen LogP contribution >= 0.6 is 0 Å². The van der Waals surface area contributed by atoms with Crippen LogP contribution < -0.4 is 10.2 Å². The van der Waals surface area contributed by atoms with Crippen molar-refractivity contribution in [3.05, 3.63) is 95.6 Å². The molecule has 0 atom stereocenters. The third-order valence-electron chi connectivity index (χ3n) is 6.28. The number of carbonyl (C=O) groups excluding carboxylic acids is 2. The predicted octanol–water partition coefficient (Wildman–Crippen LogP) is 4.93. The second kappa shape index (κ2) is 11.7. The second-order valence-corrected chi connectivity index (χ2v) is 9.20. The molecular formula is C29H33N3O3. The van der Waals surface area contributed by atoms with Crippen molar-refractivity contribution in [3.63, 3.8) is 0 Å². The molecule has 1 saturated heterocycles. The van der Waals surface area contributed by atoms with Gasteiger partial charge in [-0.3, -0.25) is 9.69 Å². The van der Waals surface area contributed by atoms with Gasteiger partial charge in [0.15, 0.2) is 6.61 Å². The monoisotopic (exact) mass is 471 g/mol. The molecule has 0 bridgehead atoms. The highest BCUT2D eigenvalue weighted by Crippen LogP contribution is 2.20. The average Bonchev–Trinajstić information content (AvgIpc) is 2.89. The van der Waals surface area contributed by atoms with Crippen LogP contribution in [0.5, 0.6) is 0 Å². The van der Waals surface area contributed by atoms with Crippen molar-refractivity contribution in [2.75, 3.05) is 43.0 Å². The number of anilines is 2. The Bertz CT molecular complexity index is 1100. The Morgan fingerprint density at radius 2 is 1.51 bits per heavy atom. The summed E-state index contributed by atoms with van der Waals surface area (Å²) in [5.74, 6) is -0.474. The quantitative estimate of drug-likeness (QED) is 0.472. The molecule has 4 rings (SSSR count). The number of esters is 1. The summed E-state index contributed by atoms with van der Waals surface area (Å²) in [6, 6.07) is 25.6. The van der Waals surface area contributed by atoms with Gasteiger partial charge in [-0.2, -0.15) is 0 Å². The van der Waals surface area contributed by atoms with E-state index in [1.807, 2.05) is 42.5 Å².